The van der Waals surface area contributed by atoms with Gasteiger partial charge in [0.1, 0.15) is 12.4 Å². The molecule has 0 saturated heterocycles. The molecule has 0 aliphatic rings. The van der Waals surface area contributed by atoms with E-state index in [-0.39, 0.29) is 6.09 Å². The Hall–Kier alpha value is -2.79. The second kappa shape index (κ2) is 8.73. The van der Waals surface area contributed by atoms with E-state index >= 15 is 0 Å². The first-order valence-electron chi connectivity index (χ1n) is 9.21. The Balaban J connectivity index is 1.98. The van der Waals surface area contributed by atoms with E-state index in [0.29, 0.717) is 13.2 Å². The van der Waals surface area contributed by atoms with Gasteiger partial charge in [-0.1, -0.05) is 36.4 Å². The number of hydrogen-bond acceptors (Lipinski definition) is 4. The predicted molar refractivity (Wildman–Crippen MR) is 107 cm³/mol. The van der Waals surface area contributed by atoms with E-state index in [1.165, 1.54) is 0 Å². The Labute approximate surface area is 160 Å². The van der Waals surface area contributed by atoms with Gasteiger partial charge in [0.15, 0.2) is 0 Å². The van der Waals surface area contributed by atoms with Gasteiger partial charge in [0.2, 0.25) is 0 Å². The van der Waals surface area contributed by atoms with Crippen LogP contribution in [0.2, 0.25) is 0 Å². The monoisotopic (exact) mass is 366 g/mol. The normalized spacial score (nSPS) is 11.1. The third-order valence-corrected chi connectivity index (χ3v) is 4.40. The molecule has 1 heterocycles. The van der Waals surface area contributed by atoms with Gasteiger partial charge in [0.05, 0.1) is 12.1 Å². The molecule has 0 aliphatic heterocycles. The molecule has 3 aromatic rings. The van der Waals surface area contributed by atoms with Gasteiger partial charge < -0.3 is 14.4 Å². The fourth-order valence-electron chi connectivity index (χ4n) is 3.07. The standard InChI is InChI=1S/C22H26N2O3/c1-4-26-22(25)24-15-18(13-14-23(2)3)21-19(24)11-8-12-20(21)27-16-17-9-6-5-7-10-17/h5-12,15H,4,13-14,16H2,1-3H3. The third-order valence-electron chi connectivity index (χ3n) is 4.40. The topological polar surface area (TPSA) is 43.7 Å². The lowest BCUT2D eigenvalue weighted by atomic mass is 10.1. The molecule has 0 radical (unpaired) electrons. The molecule has 0 unspecified atom stereocenters. The SMILES string of the molecule is CCOC(=O)n1cc(CCN(C)C)c2c(OCc3ccccc3)cccc21. The average molecular weight is 366 g/mol. The summed E-state index contributed by atoms with van der Waals surface area (Å²) in [5.74, 6) is 0.785. The predicted octanol–water partition coefficient (Wildman–Crippen LogP) is 4.33. The second-order valence-corrected chi connectivity index (χ2v) is 6.70. The van der Waals surface area contributed by atoms with Crippen LogP contribution in [0.4, 0.5) is 4.79 Å². The van der Waals surface area contributed by atoms with Crippen LogP contribution >= 0.6 is 0 Å². The fraction of sp³-hybridized carbons (Fsp3) is 0.318. The zero-order valence-corrected chi connectivity index (χ0v) is 16.1. The summed E-state index contributed by atoms with van der Waals surface area (Å²) >= 11 is 0. The summed E-state index contributed by atoms with van der Waals surface area (Å²) in [6.07, 6.45) is 2.34. The Bertz CT molecular complexity index is 901. The van der Waals surface area contributed by atoms with Crippen LogP contribution in [0.5, 0.6) is 5.75 Å². The maximum atomic E-state index is 12.4. The second-order valence-electron chi connectivity index (χ2n) is 6.70. The van der Waals surface area contributed by atoms with Gasteiger partial charge in [0, 0.05) is 18.1 Å². The highest BCUT2D eigenvalue weighted by Crippen LogP contribution is 2.32. The first kappa shape index (κ1) is 19.0. The quantitative estimate of drug-likeness (QED) is 0.624. The van der Waals surface area contributed by atoms with E-state index in [2.05, 4.69) is 4.90 Å². The zero-order chi connectivity index (χ0) is 19.2. The van der Waals surface area contributed by atoms with E-state index in [1.54, 1.807) is 4.57 Å². The number of rotatable bonds is 7. The van der Waals surface area contributed by atoms with Crippen LogP contribution in [-0.4, -0.2) is 42.8 Å². The number of ether oxygens (including phenoxy) is 2. The highest BCUT2D eigenvalue weighted by molar-refractivity contribution is 5.95. The third kappa shape index (κ3) is 4.49. The molecule has 3 rings (SSSR count). The zero-order valence-electron chi connectivity index (χ0n) is 16.1. The van der Waals surface area contributed by atoms with Crippen LogP contribution in [-0.2, 0) is 17.8 Å². The highest BCUT2D eigenvalue weighted by Gasteiger charge is 2.18. The largest absolute Gasteiger partial charge is 0.488 e. The molecule has 0 fully saturated rings. The minimum Gasteiger partial charge on any atom is -0.488 e. The van der Waals surface area contributed by atoms with Crippen LogP contribution < -0.4 is 4.74 Å². The van der Waals surface area contributed by atoms with Crippen molar-refractivity contribution in [2.75, 3.05) is 27.2 Å². The van der Waals surface area contributed by atoms with Crippen molar-refractivity contribution in [3.63, 3.8) is 0 Å². The fourth-order valence-corrected chi connectivity index (χ4v) is 3.07. The summed E-state index contributed by atoms with van der Waals surface area (Å²) in [5.41, 5.74) is 3.00. The summed E-state index contributed by atoms with van der Waals surface area (Å²) in [4.78, 5) is 14.5. The Kier molecular flexibility index (Phi) is 6.14. The van der Waals surface area contributed by atoms with Gasteiger partial charge >= 0.3 is 6.09 Å². The molecular formula is C22H26N2O3. The molecule has 142 valence electrons. The van der Waals surface area contributed by atoms with Crippen LogP contribution in [0.25, 0.3) is 10.9 Å². The van der Waals surface area contributed by atoms with Crippen LogP contribution in [0, 0.1) is 0 Å². The smallest absolute Gasteiger partial charge is 0.418 e. The van der Waals surface area contributed by atoms with E-state index in [9.17, 15) is 4.79 Å². The van der Waals surface area contributed by atoms with Crippen molar-refractivity contribution in [2.45, 2.75) is 20.0 Å². The number of likely N-dealkylation sites (N-methyl/N-ethyl adjacent to an activating group) is 1. The van der Waals surface area contributed by atoms with Crippen molar-refractivity contribution in [3.05, 3.63) is 65.9 Å². The minimum atomic E-state index is -0.362. The van der Waals surface area contributed by atoms with E-state index in [4.69, 9.17) is 9.47 Å². The lowest BCUT2D eigenvalue weighted by Gasteiger charge is -2.11. The summed E-state index contributed by atoms with van der Waals surface area (Å²) in [6.45, 7) is 3.52. The molecule has 0 N–H and O–H groups in total. The maximum absolute atomic E-state index is 12.4. The summed E-state index contributed by atoms with van der Waals surface area (Å²) in [5, 5.41) is 0.975. The molecule has 5 heteroatoms. The first-order valence-corrected chi connectivity index (χ1v) is 9.21. The number of aromatic nitrogens is 1. The van der Waals surface area contributed by atoms with E-state index in [1.807, 2.05) is 75.7 Å². The molecule has 0 aliphatic carbocycles. The van der Waals surface area contributed by atoms with Gasteiger partial charge in [-0.05, 0) is 50.7 Å². The Morgan fingerprint density at radius 1 is 1.07 bits per heavy atom. The lowest BCUT2D eigenvalue weighted by molar-refractivity contribution is 0.155. The van der Waals surface area contributed by atoms with Crippen LogP contribution in [0.1, 0.15) is 18.1 Å². The molecule has 0 bridgehead atoms. The van der Waals surface area contributed by atoms with E-state index < -0.39 is 0 Å². The number of fused-ring (bicyclic) bond motifs is 1. The minimum absolute atomic E-state index is 0.343. The Morgan fingerprint density at radius 2 is 1.85 bits per heavy atom. The molecule has 0 amide bonds. The van der Waals surface area contributed by atoms with Crippen molar-refractivity contribution in [2.24, 2.45) is 0 Å². The van der Waals surface area contributed by atoms with Crippen molar-refractivity contribution in [1.29, 1.82) is 0 Å². The van der Waals surface area contributed by atoms with Crippen molar-refractivity contribution in [1.82, 2.24) is 9.47 Å². The summed E-state index contributed by atoms with van der Waals surface area (Å²) in [6, 6.07) is 15.9. The molecule has 1 aromatic heterocycles. The maximum Gasteiger partial charge on any atom is 0.418 e. The van der Waals surface area contributed by atoms with Gasteiger partial charge in [-0.2, -0.15) is 0 Å². The number of carbonyl (C=O) groups excluding carboxylic acids is 1. The molecule has 2 aromatic carbocycles. The first-order chi connectivity index (χ1) is 13.1. The number of hydrogen-bond donors (Lipinski definition) is 0. The van der Waals surface area contributed by atoms with Crippen LogP contribution in [0.15, 0.2) is 54.7 Å². The van der Waals surface area contributed by atoms with Crippen molar-refractivity contribution < 1.29 is 14.3 Å². The average Bonchev–Trinajstić information content (AvgIpc) is 3.05. The molecule has 27 heavy (non-hydrogen) atoms. The molecule has 5 nitrogen and oxygen atoms in total. The van der Waals surface area contributed by atoms with Crippen LogP contribution in [0.3, 0.4) is 0 Å². The molecule has 0 atom stereocenters. The molecule has 0 spiro atoms. The summed E-state index contributed by atoms with van der Waals surface area (Å²) in [7, 11) is 4.08. The lowest BCUT2D eigenvalue weighted by Crippen LogP contribution is -2.15. The molecular weight excluding hydrogens is 340 g/mol. The number of nitrogens with zero attached hydrogens (tertiary/aromatic N) is 2. The van der Waals surface area contributed by atoms with Gasteiger partial charge in [-0.25, -0.2) is 4.79 Å². The number of benzene rings is 2. The highest BCUT2D eigenvalue weighted by atomic mass is 16.5. The Morgan fingerprint density at radius 3 is 2.56 bits per heavy atom. The van der Waals surface area contributed by atoms with Crippen molar-refractivity contribution >= 4 is 17.0 Å². The van der Waals surface area contributed by atoms with Crippen molar-refractivity contribution in [3.8, 4) is 5.75 Å². The number of carbonyl (C=O) groups is 1. The van der Waals surface area contributed by atoms with Gasteiger partial charge in [-0.15, -0.1) is 0 Å². The van der Waals surface area contributed by atoms with Gasteiger partial charge in [-0.3, -0.25) is 4.57 Å². The molecule has 0 saturated carbocycles. The van der Waals surface area contributed by atoms with E-state index in [0.717, 1.165) is 40.7 Å². The van der Waals surface area contributed by atoms with Gasteiger partial charge in [0.25, 0.3) is 0 Å². The summed E-state index contributed by atoms with van der Waals surface area (Å²) < 4.78 is 12.9.